The van der Waals surface area contributed by atoms with E-state index >= 15 is 0 Å². The molecule has 0 aliphatic heterocycles. The molecule has 0 aromatic heterocycles. The van der Waals surface area contributed by atoms with E-state index in [0.29, 0.717) is 6.54 Å². The number of amides is 1. The van der Waals surface area contributed by atoms with Crippen molar-refractivity contribution in [1.82, 2.24) is 5.06 Å². The second-order valence-corrected chi connectivity index (χ2v) is 7.67. The summed E-state index contributed by atoms with van der Waals surface area (Å²) in [5, 5.41) is 1.38. The van der Waals surface area contributed by atoms with Crippen molar-refractivity contribution in [3.05, 3.63) is 71.8 Å². The van der Waals surface area contributed by atoms with Crippen molar-refractivity contribution in [3.8, 4) is 0 Å². The Morgan fingerprint density at radius 3 is 2.65 bits per heavy atom. The van der Waals surface area contributed by atoms with Crippen LogP contribution in [0.15, 0.2) is 66.3 Å². The van der Waals surface area contributed by atoms with Gasteiger partial charge in [-0.1, -0.05) is 68.5 Å². The Morgan fingerprint density at radius 2 is 2.04 bits per heavy atom. The summed E-state index contributed by atoms with van der Waals surface area (Å²) in [6.45, 7) is 12.7. The summed E-state index contributed by atoms with van der Waals surface area (Å²) >= 11 is 0. The minimum absolute atomic E-state index is 0.194. The standard InChI is InChI=1S/C23H31NO2/c1-6-22(25)24(17-20-12-8-7-9-13-20)26-19(3)14-15-21-18(2)11-10-16-23(21,4)5/h6-9,12-15,19H,1,10-11,16-17H2,2-5H3/b15-14+. The van der Waals surface area contributed by atoms with Crippen LogP contribution in [0.3, 0.4) is 0 Å². The Kier molecular flexibility index (Phi) is 6.98. The third kappa shape index (κ3) is 5.43. The van der Waals surface area contributed by atoms with Gasteiger partial charge in [0.05, 0.1) is 6.54 Å². The molecule has 1 aromatic rings. The maximum atomic E-state index is 12.2. The summed E-state index contributed by atoms with van der Waals surface area (Å²) in [6.07, 6.45) is 8.91. The normalized spacial score (nSPS) is 18.0. The van der Waals surface area contributed by atoms with Crippen molar-refractivity contribution < 1.29 is 9.63 Å². The van der Waals surface area contributed by atoms with Crippen LogP contribution in [0.5, 0.6) is 0 Å². The molecule has 2 rings (SSSR count). The van der Waals surface area contributed by atoms with Gasteiger partial charge in [0.25, 0.3) is 5.91 Å². The molecule has 1 aliphatic carbocycles. The fourth-order valence-electron chi connectivity index (χ4n) is 3.50. The number of hydroxylamine groups is 2. The summed E-state index contributed by atoms with van der Waals surface area (Å²) in [5.41, 5.74) is 4.06. The highest BCUT2D eigenvalue weighted by Gasteiger charge is 2.26. The molecule has 0 saturated carbocycles. The minimum atomic E-state index is -0.234. The molecule has 0 heterocycles. The molecule has 0 radical (unpaired) electrons. The number of carbonyl (C=O) groups excluding carboxylic acids is 1. The number of hydrogen-bond acceptors (Lipinski definition) is 2. The third-order valence-electron chi connectivity index (χ3n) is 4.96. The highest BCUT2D eigenvalue weighted by molar-refractivity contribution is 5.86. The molecule has 0 bridgehead atoms. The number of carbonyl (C=O) groups is 1. The lowest BCUT2D eigenvalue weighted by atomic mass is 9.72. The van der Waals surface area contributed by atoms with E-state index in [9.17, 15) is 4.79 Å². The van der Waals surface area contributed by atoms with E-state index in [2.05, 4.69) is 33.4 Å². The largest absolute Gasteiger partial charge is 0.269 e. The van der Waals surface area contributed by atoms with Gasteiger partial charge in [0.15, 0.2) is 0 Å². The third-order valence-corrected chi connectivity index (χ3v) is 4.96. The highest BCUT2D eigenvalue weighted by Crippen LogP contribution is 2.40. The molecule has 3 heteroatoms. The number of nitrogens with zero attached hydrogens (tertiary/aromatic N) is 1. The molecule has 0 saturated heterocycles. The molecular weight excluding hydrogens is 322 g/mol. The van der Waals surface area contributed by atoms with Gasteiger partial charge in [0.2, 0.25) is 0 Å². The molecule has 0 spiro atoms. The lowest BCUT2D eigenvalue weighted by Crippen LogP contribution is -2.32. The number of benzene rings is 1. The lowest BCUT2D eigenvalue weighted by molar-refractivity contribution is -0.195. The maximum absolute atomic E-state index is 12.2. The first-order chi connectivity index (χ1) is 12.3. The number of rotatable bonds is 7. The second-order valence-electron chi connectivity index (χ2n) is 7.67. The van der Waals surface area contributed by atoms with Crippen LogP contribution >= 0.6 is 0 Å². The molecule has 1 atom stereocenters. The van der Waals surface area contributed by atoms with Crippen LogP contribution in [0, 0.1) is 5.41 Å². The summed E-state index contributed by atoms with van der Waals surface area (Å²) in [7, 11) is 0. The molecule has 1 amide bonds. The minimum Gasteiger partial charge on any atom is -0.267 e. The quantitative estimate of drug-likeness (QED) is 0.471. The zero-order chi connectivity index (χ0) is 19.2. The van der Waals surface area contributed by atoms with Gasteiger partial charge >= 0.3 is 0 Å². The fourth-order valence-corrected chi connectivity index (χ4v) is 3.50. The molecule has 0 N–H and O–H groups in total. The lowest BCUT2D eigenvalue weighted by Gasteiger charge is -2.33. The molecule has 1 aromatic carbocycles. The topological polar surface area (TPSA) is 29.5 Å². The number of hydrogen-bond donors (Lipinski definition) is 0. The molecule has 3 nitrogen and oxygen atoms in total. The van der Waals surface area contributed by atoms with Gasteiger partial charge in [0.1, 0.15) is 6.10 Å². The fraction of sp³-hybridized carbons (Fsp3) is 0.435. The van der Waals surface area contributed by atoms with E-state index in [4.69, 9.17) is 4.84 Å². The van der Waals surface area contributed by atoms with Gasteiger partial charge in [-0.25, -0.2) is 5.06 Å². The highest BCUT2D eigenvalue weighted by atomic mass is 16.7. The molecule has 140 valence electrons. The Hall–Kier alpha value is -2.13. The van der Waals surface area contributed by atoms with Crippen molar-refractivity contribution >= 4 is 5.91 Å². The van der Waals surface area contributed by atoms with Gasteiger partial charge in [-0.05, 0) is 55.7 Å². The van der Waals surface area contributed by atoms with Crippen LogP contribution in [0.25, 0.3) is 0 Å². The van der Waals surface area contributed by atoms with Gasteiger partial charge in [-0.15, -0.1) is 0 Å². The molecule has 0 fully saturated rings. The first-order valence-electron chi connectivity index (χ1n) is 9.36. The van der Waals surface area contributed by atoms with Crippen LogP contribution in [-0.2, 0) is 16.2 Å². The van der Waals surface area contributed by atoms with Gasteiger partial charge < -0.3 is 0 Å². The zero-order valence-electron chi connectivity index (χ0n) is 16.5. The van der Waals surface area contributed by atoms with Gasteiger partial charge in [-0.3, -0.25) is 9.63 Å². The van der Waals surface area contributed by atoms with Crippen LogP contribution < -0.4 is 0 Å². The maximum Gasteiger partial charge on any atom is 0.269 e. The van der Waals surface area contributed by atoms with E-state index in [1.807, 2.05) is 43.3 Å². The summed E-state index contributed by atoms with van der Waals surface area (Å²) < 4.78 is 0. The van der Waals surface area contributed by atoms with Gasteiger partial charge in [0, 0.05) is 0 Å². The average Bonchev–Trinajstić information content (AvgIpc) is 2.60. The van der Waals surface area contributed by atoms with E-state index in [-0.39, 0.29) is 17.4 Å². The van der Waals surface area contributed by atoms with Crippen LogP contribution in [-0.4, -0.2) is 17.1 Å². The SMILES string of the molecule is C=CC(=O)N(Cc1ccccc1)OC(C)/C=C/C1=C(C)CCCC1(C)C. The summed E-state index contributed by atoms with van der Waals surface area (Å²) in [5.74, 6) is -0.234. The van der Waals surface area contributed by atoms with Gasteiger partial charge in [-0.2, -0.15) is 0 Å². The van der Waals surface area contributed by atoms with Crippen molar-refractivity contribution in [2.45, 2.75) is 59.6 Å². The van der Waals surface area contributed by atoms with Crippen molar-refractivity contribution in [2.75, 3.05) is 0 Å². The monoisotopic (exact) mass is 353 g/mol. The molecule has 26 heavy (non-hydrogen) atoms. The zero-order valence-corrected chi connectivity index (χ0v) is 16.5. The van der Waals surface area contributed by atoms with Crippen molar-refractivity contribution in [3.63, 3.8) is 0 Å². The summed E-state index contributed by atoms with van der Waals surface area (Å²) in [4.78, 5) is 18.1. The Balaban J connectivity index is 2.08. The summed E-state index contributed by atoms with van der Waals surface area (Å²) in [6, 6.07) is 9.82. The second kappa shape index (κ2) is 9.00. The molecular formula is C23H31NO2. The van der Waals surface area contributed by atoms with Crippen LogP contribution in [0.1, 0.15) is 52.5 Å². The average molecular weight is 354 g/mol. The van der Waals surface area contributed by atoms with E-state index in [1.165, 1.54) is 35.1 Å². The van der Waals surface area contributed by atoms with E-state index < -0.39 is 0 Å². The Labute approximate surface area is 158 Å². The van der Waals surface area contributed by atoms with E-state index in [1.54, 1.807) is 0 Å². The smallest absolute Gasteiger partial charge is 0.267 e. The molecule has 1 aliphatic rings. The van der Waals surface area contributed by atoms with Crippen molar-refractivity contribution in [2.24, 2.45) is 5.41 Å². The predicted octanol–water partition coefficient (Wildman–Crippen LogP) is 5.60. The number of allylic oxidation sites excluding steroid dienone is 3. The Morgan fingerprint density at radius 1 is 1.35 bits per heavy atom. The van der Waals surface area contributed by atoms with E-state index in [0.717, 1.165) is 12.0 Å². The first-order valence-corrected chi connectivity index (χ1v) is 9.36. The Bertz CT molecular complexity index is 685. The van der Waals surface area contributed by atoms with Crippen molar-refractivity contribution in [1.29, 1.82) is 0 Å². The first kappa shape index (κ1) is 20.2. The predicted molar refractivity (Wildman–Crippen MR) is 107 cm³/mol. The van der Waals surface area contributed by atoms with Crippen LogP contribution in [0.2, 0.25) is 0 Å². The van der Waals surface area contributed by atoms with Crippen LogP contribution in [0.4, 0.5) is 0 Å². The molecule has 1 unspecified atom stereocenters.